The Labute approximate surface area is 97.4 Å². The van der Waals surface area contributed by atoms with E-state index in [-0.39, 0.29) is 0 Å². The number of nitrogens with zero attached hydrogens (tertiary/aromatic N) is 2. The fourth-order valence-electron chi connectivity index (χ4n) is 1.50. The fourth-order valence-corrected chi connectivity index (χ4v) is 2.52. The predicted octanol–water partition coefficient (Wildman–Crippen LogP) is 2.69. The highest BCUT2D eigenvalue weighted by molar-refractivity contribution is 6.88. The van der Waals surface area contributed by atoms with Crippen molar-refractivity contribution in [3.63, 3.8) is 0 Å². The van der Waals surface area contributed by atoms with E-state index in [2.05, 4.69) is 29.6 Å². The van der Waals surface area contributed by atoms with E-state index in [4.69, 9.17) is 0 Å². The van der Waals surface area contributed by atoms with Gasteiger partial charge < -0.3 is 0 Å². The standard InChI is InChI=1S/C13H16N2Si/c1-16(2,3)12-9-10-14-13(15-12)11-7-5-4-6-8-11/h4-10H,1-3H3. The Morgan fingerprint density at radius 3 is 2.25 bits per heavy atom. The van der Waals surface area contributed by atoms with Gasteiger partial charge in [-0.3, -0.25) is 0 Å². The van der Waals surface area contributed by atoms with Crippen molar-refractivity contribution in [1.82, 2.24) is 9.97 Å². The van der Waals surface area contributed by atoms with Crippen LogP contribution in [0.15, 0.2) is 42.6 Å². The lowest BCUT2D eigenvalue weighted by molar-refractivity contribution is 1.20. The van der Waals surface area contributed by atoms with Gasteiger partial charge in [-0.15, -0.1) is 0 Å². The second-order valence-electron chi connectivity index (χ2n) is 4.88. The summed E-state index contributed by atoms with van der Waals surface area (Å²) >= 11 is 0. The molecule has 0 N–H and O–H groups in total. The average Bonchev–Trinajstić information content (AvgIpc) is 2.29. The molecule has 82 valence electrons. The summed E-state index contributed by atoms with van der Waals surface area (Å²) in [6.07, 6.45) is 1.86. The molecule has 3 heteroatoms. The van der Waals surface area contributed by atoms with Crippen LogP contribution in [0.2, 0.25) is 19.6 Å². The summed E-state index contributed by atoms with van der Waals surface area (Å²) in [5.41, 5.74) is 1.09. The smallest absolute Gasteiger partial charge is 0.158 e. The molecule has 0 aliphatic rings. The van der Waals surface area contributed by atoms with Gasteiger partial charge in [0.2, 0.25) is 0 Å². The molecular formula is C13H16N2Si. The molecule has 1 aromatic heterocycles. The first kappa shape index (κ1) is 11.0. The molecule has 1 heterocycles. The van der Waals surface area contributed by atoms with E-state index in [1.54, 1.807) is 0 Å². The molecule has 0 saturated heterocycles. The molecule has 1 aromatic carbocycles. The molecule has 0 aliphatic heterocycles. The van der Waals surface area contributed by atoms with Crippen molar-refractivity contribution >= 4 is 13.4 Å². The topological polar surface area (TPSA) is 25.8 Å². The SMILES string of the molecule is C[Si](C)(C)c1ccnc(-c2ccccc2)n1. The summed E-state index contributed by atoms with van der Waals surface area (Å²) < 4.78 is 0. The van der Waals surface area contributed by atoms with Crippen LogP contribution in [0.25, 0.3) is 11.4 Å². The molecule has 0 spiro atoms. The van der Waals surface area contributed by atoms with Crippen LogP contribution in [0.5, 0.6) is 0 Å². The lowest BCUT2D eigenvalue weighted by Crippen LogP contribution is -2.40. The Kier molecular flexibility index (Phi) is 2.88. The molecule has 0 atom stereocenters. The van der Waals surface area contributed by atoms with Gasteiger partial charge in [0, 0.05) is 17.1 Å². The van der Waals surface area contributed by atoms with Crippen LogP contribution in [0, 0.1) is 0 Å². The molecule has 0 amide bonds. The van der Waals surface area contributed by atoms with E-state index in [1.165, 1.54) is 5.32 Å². The van der Waals surface area contributed by atoms with Crippen molar-refractivity contribution in [3.05, 3.63) is 42.6 Å². The Hall–Kier alpha value is -1.48. The third-order valence-electron chi connectivity index (χ3n) is 2.46. The van der Waals surface area contributed by atoms with Crippen LogP contribution < -0.4 is 5.32 Å². The maximum atomic E-state index is 4.66. The second kappa shape index (κ2) is 4.18. The van der Waals surface area contributed by atoms with E-state index in [0.29, 0.717) is 0 Å². The molecule has 2 aromatic rings. The molecule has 0 saturated carbocycles. The summed E-state index contributed by atoms with van der Waals surface area (Å²) in [6, 6.07) is 12.2. The van der Waals surface area contributed by atoms with Crippen molar-refractivity contribution in [3.8, 4) is 11.4 Å². The normalized spacial score (nSPS) is 11.4. The Morgan fingerprint density at radius 2 is 1.62 bits per heavy atom. The Balaban J connectivity index is 2.45. The van der Waals surface area contributed by atoms with Crippen LogP contribution in [-0.4, -0.2) is 18.0 Å². The van der Waals surface area contributed by atoms with E-state index in [1.807, 2.05) is 42.6 Å². The Bertz CT molecular complexity index is 475. The minimum absolute atomic E-state index is 0.834. The second-order valence-corrected chi connectivity index (χ2v) is 9.89. The van der Waals surface area contributed by atoms with Gasteiger partial charge in [-0.05, 0) is 6.07 Å². The summed E-state index contributed by atoms with van der Waals surface area (Å²) in [4.78, 5) is 9.00. The molecule has 0 fully saturated rings. The highest BCUT2D eigenvalue weighted by Crippen LogP contribution is 2.12. The molecule has 0 unspecified atom stereocenters. The van der Waals surface area contributed by atoms with Gasteiger partial charge in [0.15, 0.2) is 5.82 Å². The lowest BCUT2D eigenvalue weighted by atomic mass is 10.2. The number of hydrogen-bond donors (Lipinski definition) is 0. The zero-order chi connectivity index (χ0) is 11.6. The van der Waals surface area contributed by atoms with Gasteiger partial charge in [-0.25, -0.2) is 9.97 Å². The van der Waals surface area contributed by atoms with Gasteiger partial charge in [0.05, 0.1) is 0 Å². The van der Waals surface area contributed by atoms with Crippen LogP contribution in [0.3, 0.4) is 0 Å². The number of aromatic nitrogens is 2. The van der Waals surface area contributed by atoms with Crippen LogP contribution in [0.1, 0.15) is 0 Å². The molecule has 0 aliphatic carbocycles. The van der Waals surface area contributed by atoms with Crippen LogP contribution in [-0.2, 0) is 0 Å². The number of hydrogen-bond acceptors (Lipinski definition) is 2. The van der Waals surface area contributed by atoms with E-state index in [0.717, 1.165) is 11.4 Å². The molecule has 2 rings (SSSR count). The quantitative estimate of drug-likeness (QED) is 0.739. The highest BCUT2D eigenvalue weighted by Gasteiger charge is 2.18. The van der Waals surface area contributed by atoms with Gasteiger partial charge in [-0.2, -0.15) is 0 Å². The minimum Gasteiger partial charge on any atom is -0.238 e. The van der Waals surface area contributed by atoms with Gasteiger partial charge >= 0.3 is 0 Å². The fraction of sp³-hybridized carbons (Fsp3) is 0.231. The number of rotatable bonds is 2. The maximum absolute atomic E-state index is 4.66. The monoisotopic (exact) mass is 228 g/mol. The Morgan fingerprint density at radius 1 is 0.938 bits per heavy atom. The van der Waals surface area contributed by atoms with Crippen LogP contribution in [0.4, 0.5) is 0 Å². The molecule has 2 nitrogen and oxygen atoms in total. The van der Waals surface area contributed by atoms with E-state index in [9.17, 15) is 0 Å². The summed E-state index contributed by atoms with van der Waals surface area (Å²) in [5, 5.41) is 1.21. The summed E-state index contributed by atoms with van der Waals surface area (Å²) in [5.74, 6) is 0.834. The van der Waals surface area contributed by atoms with Gasteiger partial charge in [0.1, 0.15) is 8.07 Å². The first-order chi connectivity index (χ1) is 7.57. The zero-order valence-electron chi connectivity index (χ0n) is 9.94. The third kappa shape index (κ3) is 2.36. The lowest BCUT2D eigenvalue weighted by Gasteiger charge is -2.15. The maximum Gasteiger partial charge on any atom is 0.158 e. The molecular weight excluding hydrogens is 212 g/mol. The van der Waals surface area contributed by atoms with Gasteiger partial charge in [-0.1, -0.05) is 50.0 Å². The molecule has 0 radical (unpaired) electrons. The minimum atomic E-state index is -1.35. The van der Waals surface area contributed by atoms with Gasteiger partial charge in [0.25, 0.3) is 0 Å². The highest BCUT2D eigenvalue weighted by atomic mass is 28.3. The van der Waals surface area contributed by atoms with Crippen molar-refractivity contribution in [2.75, 3.05) is 0 Å². The predicted molar refractivity (Wildman–Crippen MR) is 70.4 cm³/mol. The van der Waals surface area contributed by atoms with Crippen molar-refractivity contribution in [1.29, 1.82) is 0 Å². The molecule has 16 heavy (non-hydrogen) atoms. The van der Waals surface area contributed by atoms with E-state index < -0.39 is 8.07 Å². The third-order valence-corrected chi connectivity index (χ3v) is 4.27. The largest absolute Gasteiger partial charge is 0.238 e. The average molecular weight is 228 g/mol. The van der Waals surface area contributed by atoms with Crippen LogP contribution >= 0.6 is 0 Å². The van der Waals surface area contributed by atoms with Crippen molar-refractivity contribution in [2.24, 2.45) is 0 Å². The molecule has 0 bridgehead atoms. The zero-order valence-corrected chi connectivity index (χ0v) is 10.9. The van der Waals surface area contributed by atoms with Crippen molar-refractivity contribution in [2.45, 2.75) is 19.6 Å². The first-order valence-corrected chi connectivity index (χ1v) is 8.96. The van der Waals surface area contributed by atoms with E-state index >= 15 is 0 Å². The first-order valence-electron chi connectivity index (χ1n) is 5.46. The number of benzene rings is 1. The summed E-state index contributed by atoms with van der Waals surface area (Å²) in [7, 11) is -1.35. The van der Waals surface area contributed by atoms with Crippen molar-refractivity contribution < 1.29 is 0 Å². The summed E-state index contributed by atoms with van der Waals surface area (Å²) in [6.45, 7) is 6.89.